The van der Waals surface area contributed by atoms with Crippen molar-refractivity contribution in [3.05, 3.63) is 0 Å². The highest BCUT2D eigenvalue weighted by Crippen LogP contribution is 2.39. The summed E-state index contributed by atoms with van der Waals surface area (Å²) in [6.07, 6.45) is -2.37. The average Bonchev–Trinajstić information content (AvgIpc) is 2.67. The summed E-state index contributed by atoms with van der Waals surface area (Å²) in [5.41, 5.74) is 0. The fourth-order valence-corrected chi connectivity index (χ4v) is 2.07. The molecule has 2 fully saturated rings. The molecule has 0 aliphatic carbocycles. The van der Waals surface area contributed by atoms with Gasteiger partial charge >= 0.3 is 5.97 Å². The standard InChI is InChI=1S/C8H12O5/c1-12-8(11)3-2-4-5(9)6(10)7(3)13-4/h3-7,9-10H,2H2,1H3/t3?,4?,5?,6-,7-/m0/s1. The van der Waals surface area contributed by atoms with Crippen LogP contribution in [0.2, 0.25) is 0 Å². The predicted molar refractivity (Wildman–Crippen MR) is 40.8 cm³/mol. The maximum Gasteiger partial charge on any atom is 0.311 e. The Labute approximate surface area is 75.3 Å². The van der Waals surface area contributed by atoms with E-state index in [0.717, 1.165) is 0 Å². The molecule has 2 saturated heterocycles. The Hall–Kier alpha value is -0.650. The van der Waals surface area contributed by atoms with Crippen molar-refractivity contribution in [2.45, 2.75) is 30.8 Å². The number of esters is 1. The first kappa shape index (κ1) is 8.93. The monoisotopic (exact) mass is 188 g/mol. The summed E-state index contributed by atoms with van der Waals surface area (Å²) in [4.78, 5) is 11.2. The number of fused-ring (bicyclic) bond motifs is 2. The van der Waals surface area contributed by atoms with Gasteiger partial charge < -0.3 is 19.7 Å². The Morgan fingerprint density at radius 2 is 2.15 bits per heavy atom. The third-order valence-corrected chi connectivity index (χ3v) is 2.79. The fourth-order valence-electron chi connectivity index (χ4n) is 2.07. The van der Waals surface area contributed by atoms with Crippen LogP contribution in [-0.4, -0.2) is 47.7 Å². The van der Waals surface area contributed by atoms with E-state index in [0.29, 0.717) is 6.42 Å². The van der Waals surface area contributed by atoms with Gasteiger partial charge in [0.25, 0.3) is 0 Å². The zero-order valence-corrected chi connectivity index (χ0v) is 7.21. The number of carbonyl (C=O) groups excluding carboxylic acids is 1. The van der Waals surface area contributed by atoms with E-state index in [9.17, 15) is 15.0 Å². The lowest BCUT2D eigenvalue weighted by atomic mass is 9.85. The van der Waals surface area contributed by atoms with Gasteiger partial charge in [-0.1, -0.05) is 0 Å². The van der Waals surface area contributed by atoms with Crippen LogP contribution in [-0.2, 0) is 14.3 Å². The van der Waals surface area contributed by atoms with Crippen LogP contribution >= 0.6 is 0 Å². The minimum Gasteiger partial charge on any atom is -0.469 e. The second kappa shape index (κ2) is 2.94. The third-order valence-electron chi connectivity index (χ3n) is 2.79. The van der Waals surface area contributed by atoms with Crippen LogP contribution < -0.4 is 0 Å². The van der Waals surface area contributed by atoms with Crippen LogP contribution in [0.1, 0.15) is 6.42 Å². The fraction of sp³-hybridized carbons (Fsp3) is 0.875. The van der Waals surface area contributed by atoms with E-state index < -0.39 is 30.3 Å². The molecule has 2 heterocycles. The van der Waals surface area contributed by atoms with Gasteiger partial charge in [0, 0.05) is 0 Å². The molecular formula is C8H12O5. The number of aliphatic hydroxyl groups excluding tert-OH is 2. The van der Waals surface area contributed by atoms with Crippen LogP contribution in [0.25, 0.3) is 0 Å². The molecule has 0 aromatic heterocycles. The number of ether oxygens (including phenoxy) is 2. The van der Waals surface area contributed by atoms with Crippen molar-refractivity contribution < 1.29 is 24.5 Å². The Morgan fingerprint density at radius 1 is 1.46 bits per heavy atom. The lowest BCUT2D eigenvalue weighted by Crippen LogP contribution is -2.44. The summed E-state index contributed by atoms with van der Waals surface area (Å²) in [5.74, 6) is -0.799. The van der Waals surface area contributed by atoms with Gasteiger partial charge in [-0.05, 0) is 6.42 Å². The molecule has 5 heteroatoms. The highest BCUT2D eigenvalue weighted by molar-refractivity contribution is 5.73. The molecule has 2 aliphatic rings. The van der Waals surface area contributed by atoms with Gasteiger partial charge in [-0.25, -0.2) is 0 Å². The van der Waals surface area contributed by atoms with Gasteiger partial charge in [0.05, 0.1) is 25.2 Å². The second-order valence-corrected chi connectivity index (χ2v) is 3.49. The van der Waals surface area contributed by atoms with Crippen LogP contribution in [0.4, 0.5) is 0 Å². The summed E-state index contributed by atoms with van der Waals surface area (Å²) < 4.78 is 9.79. The van der Waals surface area contributed by atoms with Crippen molar-refractivity contribution >= 4 is 5.97 Å². The molecule has 2 bridgehead atoms. The van der Waals surface area contributed by atoms with E-state index in [4.69, 9.17) is 4.74 Å². The molecule has 5 atom stereocenters. The highest BCUT2D eigenvalue weighted by Gasteiger charge is 2.55. The lowest BCUT2D eigenvalue weighted by molar-refractivity contribution is -0.149. The number of rotatable bonds is 1. The Morgan fingerprint density at radius 3 is 2.62 bits per heavy atom. The van der Waals surface area contributed by atoms with E-state index >= 15 is 0 Å². The van der Waals surface area contributed by atoms with Gasteiger partial charge in [-0.2, -0.15) is 0 Å². The van der Waals surface area contributed by atoms with Crippen LogP contribution in [0, 0.1) is 5.92 Å². The molecule has 0 saturated carbocycles. The Kier molecular flexibility index (Phi) is 2.02. The maximum atomic E-state index is 11.2. The summed E-state index contributed by atoms with van der Waals surface area (Å²) in [7, 11) is 1.30. The first-order chi connectivity index (χ1) is 6.15. The van der Waals surface area contributed by atoms with Crippen LogP contribution in [0.15, 0.2) is 0 Å². The quantitative estimate of drug-likeness (QED) is 0.498. The molecule has 13 heavy (non-hydrogen) atoms. The zero-order valence-electron chi connectivity index (χ0n) is 7.21. The van der Waals surface area contributed by atoms with E-state index in [1.54, 1.807) is 0 Å². The van der Waals surface area contributed by atoms with Gasteiger partial charge in [-0.15, -0.1) is 0 Å². The normalized spacial score (nSPS) is 48.1. The Bertz CT molecular complexity index is 227. The van der Waals surface area contributed by atoms with Crippen molar-refractivity contribution in [3.8, 4) is 0 Å². The molecule has 2 N–H and O–H groups in total. The van der Waals surface area contributed by atoms with E-state index in [-0.39, 0.29) is 5.97 Å². The number of hydrogen-bond donors (Lipinski definition) is 2. The molecule has 74 valence electrons. The molecule has 0 spiro atoms. The topological polar surface area (TPSA) is 76.0 Å². The number of carbonyl (C=O) groups is 1. The largest absolute Gasteiger partial charge is 0.469 e. The molecule has 0 amide bonds. The predicted octanol–water partition coefficient (Wildman–Crippen LogP) is -1.33. The first-order valence-corrected chi connectivity index (χ1v) is 4.24. The number of hydrogen-bond acceptors (Lipinski definition) is 5. The summed E-state index contributed by atoms with van der Waals surface area (Å²) in [5, 5.41) is 18.8. The third kappa shape index (κ3) is 1.15. The van der Waals surface area contributed by atoms with E-state index in [1.807, 2.05) is 0 Å². The summed E-state index contributed by atoms with van der Waals surface area (Å²) >= 11 is 0. The van der Waals surface area contributed by atoms with Crippen molar-refractivity contribution in [2.24, 2.45) is 5.92 Å². The van der Waals surface area contributed by atoms with Gasteiger partial charge in [-0.3, -0.25) is 4.79 Å². The van der Waals surface area contributed by atoms with Crippen molar-refractivity contribution in [3.63, 3.8) is 0 Å². The first-order valence-electron chi connectivity index (χ1n) is 4.24. The molecule has 0 radical (unpaired) electrons. The average molecular weight is 188 g/mol. The molecule has 2 aliphatic heterocycles. The molecule has 5 nitrogen and oxygen atoms in total. The molecule has 3 unspecified atom stereocenters. The van der Waals surface area contributed by atoms with Crippen molar-refractivity contribution in [1.82, 2.24) is 0 Å². The van der Waals surface area contributed by atoms with Crippen molar-refractivity contribution in [2.75, 3.05) is 7.11 Å². The van der Waals surface area contributed by atoms with E-state index in [1.165, 1.54) is 7.11 Å². The molecular weight excluding hydrogens is 176 g/mol. The van der Waals surface area contributed by atoms with Crippen LogP contribution in [0.3, 0.4) is 0 Å². The minimum atomic E-state index is -0.956. The molecule has 2 rings (SSSR count). The lowest BCUT2D eigenvalue weighted by Gasteiger charge is -2.24. The van der Waals surface area contributed by atoms with Gasteiger partial charge in [0.2, 0.25) is 0 Å². The highest BCUT2D eigenvalue weighted by atomic mass is 16.6. The minimum absolute atomic E-state index is 0.376. The van der Waals surface area contributed by atoms with Gasteiger partial charge in [0.1, 0.15) is 12.2 Å². The van der Waals surface area contributed by atoms with Crippen molar-refractivity contribution in [1.29, 1.82) is 0 Å². The Balaban J connectivity index is 2.10. The molecule has 0 aromatic carbocycles. The smallest absolute Gasteiger partial charge is 0.311 e. The summed E-state index contributed by atoms with van der Waals surface area (Å²) in [6.45, 7) is 0. The van der Waals surface area contributed by atoms with E-state index in [2.05, 4.69) is 4.74 Å². The zero-order chi connectivity index (χ0) is 9.59. The number of aliphatic hydroxyl groups is 2. The maximum absolute atomic E-state index is 11.2. The SMILES string of the molecule is COC(=O)C1CC2O[C@@H]1[C@@H](O)C2O. The second-order valence-electron chi connectivity index (χ2n) is 3.49. The van der Waals surface area contributed by atoms with Gasteiger partial charge in [0.15, 0.2) is 0 Å². The molecule has 0 aromatic rings. The number of methoxy groups -OCH3 is 1. The summed E-state index contributed by atoms with van der Waals surface area (Å²) in [6, 6.07) is 0. The van der Waals surface area contributed by atoms with Crippen LogP contribution in [0.5, 0.6) is 0 Å².